The number of hydrogen-bond donors (Lipinski definition) is 9. The van der Waals surface area contributed by atoms with Gasteiger partial charge in [0.15, 0.2) is 11.9 Å². The van der Waals surface area contributed by atoms with E-state index in [9.17, 15) is 24.8 Å². The smallest absolute Gasteiger partial charge is 0.322 e. The molecule has 0 saturated heterocycles. The number of carboxylic acids is 2. The van der Waals surface area contributed by atoms with E-state index in [4.69, 9.17) is 33.8 Å². The van der Waals surface area contributed by atoms with Crippen molar-refractivity contribution in [3.05, 3.63) is 10.1 Å². The number of nitro groups is 1. The summed E-state index contributed by atoms with van der Waals surface area (Å²) in [5.41, 5.74) is 28.3. The van der Waals surface area contributed by atoms with Crippen LogP contribution < -0.4 is 39.5 Å². The molecule has 0 aromatic heterocycles. The quantitative estimate of drug-likeness (QED) is 0.0329. The molecule has 3 atom stereocenters. The van der Waals surface area contributed by atoms with Crippen molar-refractivity contribution in [3.8, 4) is 0 Å². The molecular formula is C12H26N10O6. The van der Waals surface area contributed by atoms with Crippen LogP contribution in [-0.4, -0.2) is 69.8 Å². The molecule has 16 heteroatoms. The number of aliphatic imine (C=N–C) groups is 2. The minimum absolute atomic E-state index is 0.000186. The highest BCUT2D eigenvalue weighted by Crippen LogP contribution is 2.15. The number of guanidine groups is 2. The standard InChI is InChI=1S/C12H26N10O6/c13-6(8(23)24)4-12(22(27)28,5-19-11(16)17)21-20-7(9(25)26)2-1-3-18-10(14)15/h6-7,20-21H,1-5,13H2,(H,23,24)(H,25,26)(H4,14,15,18)(H4,16,17,19)/t6-,7-,12?/m0/s1. The molecule has 0 fully saturated rings. The van der Waals surface area contributed by atoms with Crippen molar-refractivity contribution in [2.45, 2.75) is 37.0 Å². The van der Waals surface area contributed by atoms with Crippen molar-refractivity contribution < 1.29 is 24.7 Å². The van der Waals surface area contributed by atoms with Gasteiger partial charge in [-0.3, -0.25) is 24.7 Å². The maximum Gasteiger partial charge on any atom is 0.322 e. The second-order valence-electron chi connectivity index (χ2n) is 5.79. The number of nitrogens with two attached hydrogens (primary N) is 5. The van der Waals surface area contributed by atoms with E-state index < -0.39 is 53.5 Å². The van der Waals surface area contributed by atoms with E-state index in [0.29, 0.717) is 0 Å². The molecule has 0 spiro atoms. The Labute approximate surface area is 159 Å². The monoisotopic (exact) mass is 406 g/mol. The fourth-order valence-electron chi connectivity index (χ4n) is 1.99. The van der Waals surface area contributed by atoms with Gasteiger partial charge in [-0.05, 0) is 12.8 Å². The van der Waals surface area contributed by atoms with Crippen LogP contribution in [0, 0.1) is 10.1 Å². The van der Waals surface area contributed by atoms with Gasteiger partial charge in [-0.2, -0.15) is 5.43 Å². The second-order valence-corrected chi connectivity index (χ2v) is 5.79. The van der Waals surface area contributed by atoms with Gasteiger partial charge in [0.2, 0.25) is 0 Å². The van der Waals surface area contributed by atoms with Crippen LogP contribution in [-0.2, 0) is 9.59 Å². The van der Waals surface area contributed by atoms with Crippen molar-refractivity contribution in [1.82, 2.24) is 10.9 Å². The molecule has 0 bridgehead atoms. The predicted octanol–water partition coefficient (Wildman–Crippen LogP) is -4.36. The van der Waals surface area contributed by atoms with Gasteiger partial charge < -0.3 is 38.9 Å². The number of carbonyl (C=O) groups is 2. The summed E-state index contributed by atoms with van der Waals surface area (Å²) in [7, 11) is 0. The molecule has 0 rings (SSSR count). The molecule has 0 radical (unpaired) electrons. The number of hydrogen-bond acceptors (Lipinski definition) is 9. The fourth-order valence-corrected chi connectivity index (χ4v) is 1.99. The topological polar surface area (TPSA) is 297 Å². The van der Waals surface area contributed by atoms with Gasteiger partial charge in [-0.25, -0.2) is 10.4 Å². The number of aliphatic carboxylic acids is 2. The van der Waals surface area contributed by atoms with E-state index in [2.05, 4.69) is 20.8 Å². The molecule has 28 heavy (non-hydrogen) atoms. The van der Waals surface area contributed by atoms with E-state index in [1.807, 2.05) is 0 Å². The van der Waals surface area contributed by atoms with Gasteiger partial charge in [-0.1, -0.05) is 0 Å². The Morgan fingerprint density at radius 3 is 2.11 bits per heavy atom. The number of rotatable bonds is 14. The predicted molar refractivity (Wildman–Crippen MR) is 98.2 cm³/mol. The molecule has 1 unspecified atom stereocenters. The van der Waals surface area contributed by atoms with E-state index in [-0.39, 0.29) is 25.3 Å². The minimum atomic E-state index is -2.28. The van der Waals surface area contributed by atoms with Crippen LogP contribution in [0.3, 0.4) is 0 Å². The molecule has 0 aromatic rings. The molecule has 0 saturated carbocycles. The Morgan fingerprint density at radius 1 is 1.11 bits per heavy atom. The van der Waals surface area contributed by atoms with Gasteiger partial charge in [0.1, 0.15) is 18.6 Å². The highest BCUT2D eigenvalue weighted by atomic mass is 16.6. The lowest BCUT2D eigenvalue weighted by Crippen LogP contribution is -2.65. The molecule has 16 nitrogen and oxygen atoms in total. The van der Waals surface area contributed by atoms with Crippen LogP contribution in [0.1, 0.15) is 19.3 Å². The van der Waals surface area contributed by atoms with E-state index in [1.165, 1.54) is 0 Å². The van der Waals surface area contributed by atoms with Crippen LogP contribution in [0.25, 0.3) is 0 Å². The molecule has 14 N–H and O–H groups in total. The molecule has 160 valence electrons. The molecule has 0 aliphatic rings. The zero-order valence-corrected chi connectivity index (χ0v) is 14.9. The zero-order valence-electron chi connectivity index (χ0n) is 14.9. The van der Waals surface area contributed by atoms with Crippen LogP contribution in [0.5, 0.6) is 0 Å². The Kier molecular flexibility index (Phi) is 10.1. The second kappa shape index (κ2) is 11.5. The zero-order chi connectivity index (χ0) is 21.9. The molecule has 0 aliphatic carbocycles. The van der Waals surface area contributed by atoms with Crippen molar-refractivity contribution >= 4 is 23.9 Å². The van der Waals surface area contributed by atoms with Gasteiger partial charge in [0.05, 0.1) is 6.42 Å². The molecule has 0 amide bonds. The van der Waals surface area contributed by atoms with Gasteiger partial charge in [0, 0.05) is 11.5 Å². The summed E-state index contributed by atoms with van der Waals surface area (Å²) >= 11 is 0. The first-order chi connectivity index (χ1) is 12.9. The molecule has 0 heterocycles. The number of nitrogens with one attached hydrogen (secondary N) is 2. The minimum Gasteiger partial charge on any atom is -0.480 e. The third kappa shape index (κ3) is 8.92. The summed E-state index contributed by atoms with van der Waals surface area (Å²) in [5.74, 6) is -3.46. The number of carboxylic acid groups (broad SMARTS) is 2. The summed E-state index contributed by atoms with van der Waals surface area (Å²) in [6.45, 7) is -0.553. The highest BCUT2D eigenvalue weighted by Gasteiger charge is 2.46. The average Bonchev–Trinajstić information content (AvgIpc) is 2.57. The summed E-state index contributed by atoms with van der Waals surface area (Å²) < 4.78 is 0. The van der Waals surface area contributed by atoms with E-state index in [0.717, 1.165) is 0 Å². The maximum atomic E-state index is 11.6. The summed E-state index contributed by atoms with van der Waals surface area (Å²) in [6.07, 6.45) is -0.489. The van der Waals surface area contributed by atoms with Crippen molar-refractivity contribution in [2.24, 2.45) is 38.7 Å². The van der Waals surface area contributed by atoms with Crippen molar-refractivity contribution in [2.75, 3.05) is 13.1 Å². The number of hydrazine groups is 1. The Morgan fingerprint density at radius 2 is 1.68 bits per heavy atom. The highest BCUT2D eigenvalue weighted by molar-refractivity contribution is 5.76. The Hall–Kier alpha value is -3.24. The van der Waals surface area contributed by atoms with Gasteiger partial charge in [-0.15, -0.1) is 0 Å². The van der Waals surface area contributed by atoms with Crippen LogP contribution in [0.4, 0.5) is 0 Å². The van der Waals surface area contributed by atoms with Crippen LogP contribution in [0.15, 0.2) is 9.98 Å². The lowest BCUT2D eigenvalue weighted by molar-refractivity contribution is -0.578. The SMILES string of the molecule is NC(N)=NCCC[C@H](NNC(CN=C(N)N)(C[C@H](N)C(=O)O)[N+](=O)[O-])C(=O)O. The van der Waals surface area contributed by atoms with Crippen LogP contribution >= 0.6 is 0 Å². The first kappa shape index (κ1) is 24.8. The largest absolute Gasteiger partial charge is 0.480 e. The fraction of sp³-hybridized carbons (Fsp3) is 0.667. The van der Waals surface area contributed by atoms with Crippen molar-refractivity contribution in [3.63, 3.8) is 0 Å². The third-order valence-corrected chi connectivity index (χ3v) is 3.47. The summed E-state index contributed by atoms with van der Waals surface area (Å²) in [6, 6.07) is -2.92. The number of nitrogens with zero attached hydrogens (tertiary/aromatic N) is 3. The van der Waals surface area contributed by atoms with Gasteiger partial charge >= 0.3 is 17.6 Å². The third-order valence-electron chi connectivity index (χ3n) is 3.47. The summed E-state index contributed by atoms with van der Waals surface area (Å²) in [4.78, 5) is 40.3. The van der Waals surface area contributed by atoms with Crippen LogP contribution in [0.2, 0.25) is 0 Å². The lowest BCUT2D eigenvalue weighted by Gasteiger charge is -2.28. The molecule has 0 aromatic carbocycles. The Bertz CT molecular complexity index is 618. The molecule has 0 aliphatic heterocycles. The van der Waals surface area contributed by atoms with Crippen molar-refractivity contribution in [1.29, 1.82) is 0 Å². The lowest BCUT2D eigenvalue weighted by atomic mass is 10.0. The summed E-state index contributed by atoms with van der Waals surface area (Å²) in [5, 5.41) is 29.8. The molecular weight excluding hydrogens is 380 g/mol. The average molecular weight is 406 g/mol. The first-order valence-corrected chi connectivity index (χ1v) is 7.90. The van der Waals surface area contributed by atoms with E-state index in [1.54, 1.807) is 0 Å². The maximum absolute atomic E-state index is 11.6. The van der Waals surface area contributed by atoms with Gasteiger partial charge in [0.25, 0.3) is 0 Å². The Balaban J connectivity index is 5.37. The first-order valence-electron chi connectivity index (χ1n) is 7.90. The normalized spacial score (nSPS) is 14.9. The van der Waals surface area contributed by atoms with E-state index >= 15 is 0 Å².